The molecule has 1 atom stereocenters. The van der Waals surface area contributed by atoms with Crippen LogP contribution in [0.4, 0.5) is 5.69 Å². The molecule has 0 bridgehead atoms. The number of sulfone groups is 1. The van der Waals surface area contributed by atoms with Crippen LogP contribution in [0.2, 0.25) is 0 Å². The molecule has 0 N–H and O–H groups in total. The van der Waals surface area contributed by atoms with Gasteiger partial charge in [-0.3, -0.25) is 4.79 Å². The highest BCUT2D eigenvalue weighted by atomic mass is 32.2. The first-order chi connectivity index (χ1) is 8.94. The molecule has 0 radical (unpaired) electrons. The topological polar surface area (TPSA) is 54.5 Å². The predicted octanol–water partition coefficient (Wildman–Crippen LogP) is 1.56. The highest BCUT2D eigenvalue weighted by molar-refractivity contribution is 7.92. The van der Waals surface area contributed by atoms with Gasteiger partial charge in [0.15, 0.2) is 9.84 Å². The van der Waals surface area contributed by atoms with E-state index in [1.54, 1.807) is 4.90 Å². The third-order valence-electron chi connectivity index (χ3n) is 3.19. The Balaban J connectivity index is 2.23. The van der Waals surface area contributed by atoms with Crippen LogP contribution in [-0.2, 0) is 21.1 Å². The number of benzene rings is 1. The van der Waals surface area contributed by atoms with Crippen LogP contribution in [0.15, 0.2) is 36.9 Å². The normalized spacial score (nSPS) is 18.2. The molecular weight excluding hydrogens is 262 g/mol. The Labute approximate surface area is 113 Å². The summed E-state index contributed by atoms with van der Waals surface area (Å²) in [6.45, 7) is 5.33. The van der Waals surface area contributed by atoms with Gasteiger partial charge in [0.1, 0.15) is 5.75 Å². The number of hydrogen-bond donors (Lipinski definition) is 0. The van der Waals surface area contributed by atoms with Crippen molar-refractivity contribution in [2.45, 2.75) is 19.4 Å². The molecule has 1 aliphatic heterocycles. The van der Waals surface area contributed by atoms with Crippen molar-refractivity contribution in [3.8, 4) is 0 Å². The summed E-state index contributed by atoms with van der Waals surface area (Å²) in [4.78, 5) is 13.8. The molecule has 0 aliphatic carbocycles. The summed E-state index contributed by atoms with van der Waals surface area (Å²) in [6.07, 6.45) is 2.08. The van der Waals surface area contributed by atoms with Crippen molar-refractivity contribution in [2.24, 2.45) is 0 Å². The zero-order valence-corrected chi connectivity index (χ0v) is 11.7. The molecule has 19 heavy (non-hydrogen) atoms. The number of hydrogen-bond acceptors (Lipinski definition) is 3. The van der Waals surface area contributed by atoms with Gasteiger partial charge in [0.25, 0.3) is 0 Å². The minimum atomic E-state index is -3.40. The van der Waals surface area contributed by atoms with E-state index in [4.69, 9.17) is 0 Å². The van der Waals surface area contributed by atoms with Crippen molar-refractivity contribution in [3.05, 3.63) is 42.5 Å². The maximum atomic E-state index is 12.2. The van der Waals surface area contributed by atoms with Crippen LogP contribution in [0.25, 0.3) is 0 Å². The quantitative estimate of drug-likeness (QED) is 0.786. The molecule has 0 spiro atoms. The van der Waals surface area contributed by atoms with E-state index in [9.17, 15) is 13.2 Å². The Kier molecular flexibility index (Phi) is 3.75. The van der Waals surface area contributed by atoms with Gasteiger partial charge in [-0.1, -0.05) is 24.3 Å². The molecule has 0 saturated heterocycles. The van der Waals surface area contributed by atoms with Gasteiger partial charge in [0.05, 0.1) is 5.75 Å². The maximum absolute atomic E-state index is 12.2. The molecule has 0 saturated carbocycles. The average Bonchev–Trinajstić information content (AvgIpc) is 2.63. The Morgan fingerprint density at radius 1 is 1.47 bits per heavy atom. The van der Waals surface area contributed by atoms with Crippen LogP contribution < -0.4 is 4.90 Å². The molecule has 0 aromatic heterocycles. The van der Waals surface area contributed by atoms with Crippen LogP contribution >= 0.6 is 0 Å². The Morgan fingerprint density at radius 2 is 2.16 bits per heavy atom. The fraction of sp³-hybridized carbons (Fsp3) is 0.357. The standard InChI is InChI=1S/C14H17NO3S/c1-3-8-19(17,18)10-14(16)15-11(2)9-12-6-4-5-7-13(12)15/h3-7,11H,1,8-10H2,2H3. The van der Waals surface area contributed by atoms with E-state index < -0.39 is 15.6 Å². The molecule has 102 valence electrons. The van der Waals surface area contributed by atoms with Crippen molar-refractivity contribution in [3.63, 3.8) is 0 Å². The van der Waals surface area contributed by atoms with Crippen LogP contribution in [-0.4, -0.2) is 31.9 Å². The zero-order valence-electron chi connectivity index (χ0n) is 10.9. The van der Waals surface area contributed by atoms with Crippen molar-refractivity contribution in [2.75, 3.05) is 16.4 Å². The summed E-state index contributed by atoms with van der Waals surface area (Å²) in [7, 11) is -3.40. The summed E-state index contributed by atoms with van der Waals surface area (Å²) in [5, 5.41) is 0. The minimum absolute atomic E-state index is 0.00355. The number of anilines is 1. The number of rotatable bonds is 4. The summed E-state index contributed by atoms with van der Waals surface area (Å²) in [6, 6.07) is 7.61. The summed E-state index contributed by atoms with van der Waals surface area (Å²) < 4.78 is 23.4. The van der Waals surface area contributed by atoms with Gasteiger partial charge in [-0.2, -0.15) is 0 Å². The van der Waals surface area contributed by atoms with E-state index >= 15 is 0 Å². The molecule has 2 rings (SSSR count). The largest absolute Gasteiger partial charge is 0.308 e. The number of amides is 1. The van der Waals surface area contributed by atoms with Gasteiger partial charge in [-0.25, -0.2) is 8.42 Å². The fourth-order valence-corrected chi connectivity index (χ4v) is 3.43. The van der Waals surface area contributed by atoms with E-state index in [0.29, 0.717) is 0 Å². The monoisotopic (exact) mass is 279 g/mol. The molecule has 1 heterocycles. The molecule has 1 aromatic carbocycles. The van der Waals surface area contributed by atoms with Gasteiger partial charge < -0.3 is 4.90 Å². The lowest BCUT2D eigenvalue weighted by atomic mass is 10.1. The van der Waals surface area contributed by atoms with Crippen molar-refractivity contribution in [1.82, 2.24) is 0 Å². The van der Waals surface area contributed by atoms with Crippen molar-refractivity contribution >= 4 is 21.4 Å². The van der Waals surface area contributed by atoms with Gasteiger partial charge >= 0.3 is 0 Å². The first kappa shape index (κ1) is 13.8. The van der Waals surface area contributed by atoms with E-state index in [1.165, 1.54) is 6.08 Å². The average molecular weight is 279 g/mol. The maximum Gasteiger partial charge on any atom is 0.242 e. The SMILES string of the molecule is C=CCS(=O)(=O)CC(=O)N1c2ccccc2CC1C. The van der Waals surface area contributed by atoms with E-state index in [2.05, 4.69) is 6.58 Å². The van der Waals surface area contributed by atoms with Crippen molar-refractivity contribution in [1.29, 1.82) is 0 Å². The lowest BCUT2D eigenvalue weighted by molar-refractivity contribution is -0.116. The molecule has 1 aromatic rings. The molecule has 1 amide bonds. The number of carbonyl (C=O) groups is 1. The number of nitrogens with zero attached hydrogens (tertiary/aromatic N) is 1. The van der Waals surface area contributed by atoms with Crippen LogP contribution in [0.5, 0.6) is 0 Å². The zero-order chi connectivity index (χ0) is 14.0. The summed E-state index contributed by atoms with van der Waals surface area (Å²) in [5.41, 5.74) is 1.92. The Bertz CT molecular complexity index is 607. The second-order valence-electron chi connectivity index (χ2n) is 4.79. The number of fused-ring (bicyclic) bond motifs is 1. The van der Waals surface area contributed by atoms with Crippen LogP contribution in [0.1, 0.15) is 12.5 Å². The second-order valence-corrected chi connectivity index (χ2v) is 6.90. The second kappa shape index (κ2) is 5.17. The van der Waals surface area contributed by atoms with Crippen molar-refractivity contribution < 1.29 is 13.2 Å². The number of carbonyl (C=O) groups excluding carboxylic acids is 1. The molecule has 1 unspecified atom stereocenters. The minimum Gasteiger partial charge on any atom is -0.308 e. The lowest BCUT2D eigenvalue weighted by Gasteiger charge is -2.22. The van der Waals surface area contributed by atoms with Gasteiger partial charge in [-0.05, 0) is 25.0 Å². The summed E-state index contributed by atoms with van der Waals surface area (Å²) in [5.74, 6) is -0.986. The van der Waals surface area contributed by atoms with Gasteiger partial charge in [-0.15, -0.1) is 6.58 Å². The van der Waals surface area contributed by atoms with Gasteiger partial charge in [0.2, 0.25) is 5.91 Å². The Hall–Kier alpha value is -1.62. The lowest BCUT2D eigenvalue weighted by Crippen LogP contribution is -2.39. The van der Waals surface area contributed by atoms with E-state index in [0.717, 1.165) is 17.7 Å². The Morgan fingerprint density at radius 3 is 2.84 bits per heavy atom. The molecule has 0 fully saturated rings. The molecule has 1 aliphatic rings. The summed E-state index contributed by atoms with van der Waals surface area (Å²) >= 11 is 0. The predicted molar refractivity (Wildman–Crippen MR) is 75.9 cm³/mol. The highest BCUT2D eigenvalue weighted by Gasteiger charge is 2.32. The van der Waals surface area contributed by atoms with Crippen LogP contribution in [0, 0.1) is 0 Å². The number of para-hydroxylation sites is 1. The first-order valence-electron chi connectivity index (χ1n) is 6.16. The third-order valence-corrected chi connectivity index (χ3v) is 4.62. The van der Waals surface area contributed by atoms with Gasteiger partial charge in [0, 0.05) is 11.7 Å². The first-order valence-corrected chi connectivity index (χ1v) is 7.98. The van der Waals surface area contributed by atoms with E-state index in [1.807, 2.05) is 31.2 Å². The molecular formula is C14H17NO3S. The fourth-order valence-electron chi connectivity index (χ4n) is 2.44. The molecule has 4 nitrogen and oxygen atoms in total. The van der Waals surface area contributed by atoms with Crippen LogP contribution in [0.3, 0.4) is 0 Å². The smallest absolute Gasteiger partial charge is 0.242 e. The van der Waals surface area contributed by atoms with E-state index in [-0.39, 0.29) is 17.7 Å². The molecule has 5 heteroatoms. The highest BCUT2D eigenvalue weighted by Crippen LogP contribution is 2.31. The third kappa shape index (κ3) is 2.87.